The summed E-state index contributed by atoms with van der Waals surface area (Å²) in [7, 11) is 0. The zero-order valence-electron chi connectivity index (χ0n) is 13.2. The summed E-state index contributed by atoms with van der Waals surface area (Å²) >= 11 is 1.80. The van der Waals surface area contributed by atoms with Gasteiger partial charge in [-0.2, -0.15) is 0 Å². The van der Waals surface area contributed by atoms with Gasteiger partial charge in [0.05, 0.1) is 10.6 Å². The second kappa shape index (κ2) is 8.15. The van der Waals surface area contributed by atoms with Gasteiger partial charge in [0, 0.05) is 19.6 Å². The topological polar surface area (TPSA) is 28.2 Å². The number of benzene rings is 1. The first kappa shape index (κ1) is 16.0. The van der Waals surface area contributed by atoms with E-state index in [1.165, 1.54) is 16.1 Å². The Hall–Kier alpha value is -1.39. The van der Waals surface area contributed by atoms with Crippen LogP contribution in [0.1, 0.15) is 32.9 Å². The molecule has 2 rings (SSSR count). The first-order chi connectivity index (χ1) is 10.3. The van der Waals surface area contributed by atoms with Gasteiger partial charge in [-0.15, -0.1) is 0 Å². The molecule has 0 aliphatic heterocycles. The predicted molar refractivity (Wildman–Crippen MR) is 93.1 cm³/mol. The van der Waals surface area contributed by atoms with Crippen LogP contribution in [-0.2, 0) is 6.54 Å². The van der Waals surface area contributed by atoms with Crippen LogP contribution in [0.25, 0.3) is 10.4 Å². The molecule has 0 saturated carbocycles. The summed E-state index contributed by atoms with van der Waals surface area (Å²) in [5.74, 6) is 0. The maximum absolute atomic E-state index is 4.88. The molecular weight excluding hydrogens is 278 g/mol. The van der Waals surface area contributed by atoms with E-state index in [4.69, 9.17) is 4.98 Å². The zero-order valence-corrected chi connectivity index (χ0v) is 14.0. The van der Waals surface area contributed by atoms with E-state index < -0.39 is 0 Å². The fourth-order valence-electron chi connectivity index (χ4n) is 2.29. The van der Waals surface area contributed by atoms with Crippen LogP contribution in [0.5, 0.6) is 0 Å². The molecule has 0 aliphatic carbocycles. The fraction of sp³-hybridized carbons (Fsp3) is 0.471. The van der Waals surface area contributed by atoms with Gasteiger partial charge in [0.15, 0.2) is 5.13 Å². The molecule has 0 atom stereocenters. The molecule has 0 unspecified atom stereocenters. The van der Waals surface area contributed by atoms with Crippen LogP contribution < -0.4 is 10.2 Å². The number of nitrogens with zero attached hydrogens (tertiary/aromatic N) is 2. The highest BCUT2D eigenvalue weighted by molar-refractivity contribution is 7.19. The lowest BCUT2D eigenvalue weighted by atomic mass is 10.1. The van der Waals surface area contributed by atoms with Gasteiger partial charge in [0.1, 0.15) is 0 Å². The van der Waals surface area contributed by atoms with E-state index in [1.54, 1.807) is 11.3 Å². The van der Waals surface area contributed by atoms with Gasteiger partial charge in [-0.3, -0.25) is 0 Å². The van der Waals surface area contributed by atoms with Gasteiger partial charge in [-0.25, -0.2) is 4.98 Å². The smallest absolute Gasteiger partial charge is 0.186 e. The maximum atomic E-state index is 4.88. The second-order valence-electron chi connectivity index (χ2n) is 4.99. The van der Waals surface area contributed by atoms with E-state index in [2.05, 4.69) is 61.3 Å². The van der Waals surface area contributed by atoms with Crippen molar-refractivity contribution in [3.8, 4) is 10.4 Å². The molecule has 0 spiro atoms. The minimum atomic E-state index is 0.843. The molecule has 3 nitrogen and oxygen atoms in total. The molecule has 0 amide bonds. The van der Waals surface area contributed by atoms with E-state index in [0.717, 1.165) is 37.7 Å². The molecule has 4 heteroatoms. The minimum Gasteiger partial charge on any atom is -0.349 e. The van der Waals surface area contributed by atoms with Gasteiger partial charge in [0.2, 0.25) is 0 Å². The van der Waals surface area contributed by atoms with Crippen molar-refractivity contribution in [2.75, 3.05) is 24.5 Å². The molecule has 2 aromatic rings. The average Bonchev–Trinajstić information content (AvgIpc) is 2.94. The molecule has 0 radical (unpaired) electrons. The monoisotopic (exact) mass is 303 g/mol. The Morgan fingerprint density at radius 2 is 1.81 bits per heavy atom. The Morgan fingerprint density at radius 3 is 2.43 bits per heavy atom. The highest BCUT2D eigenvalue weighted by Crippen LogP contribution is 2.34. The molecule has 0 saturated heterocycles. The number of nitrogens with one attached hydrogen (secondary N) is 1. The van der Waals surface area contributed by atoms with Crippen molar-refractivity contribution in [1.29, 1.82) is 0 Å². The van der Waals surface area contributed by atoms with Gasteiger partial charge in [-0.1, -0.05) is 48.6 Å². The van der Waals surface area contributed by atoms with Crippen molar-refractivity contribution in [3.05, 3.63) is 36.0 Å². The molecule has 1 N–H and O–H groups in total. The third-order valence-corrected chi connectivity index (χ3v) is 4.68. The summed E-state index contributed by atoms with van der Waals surface area (Å²) in [5.41, 5.74) is 2.43. The van der Waals surface area contributed by atoms with Crippen LogP contribution in [0.15, 0.2) is 30.3 Å². The van der Waals surface area contributed by atoms with Crippen molar-refractivity contribution in [1.82, 2.24) is 10.3 Å². The van der Waals surface area contributed by atoms with Crippen molar-refractivity contribution >= 4 is 16.5 Å². The molecule has 1 heterocycles. The normalized spacial score (nSPS) is 10.8. The highest BCUT2D eigenvalue weighted by Gasteiger charge is 2.15. The fourth-order valence-corrected chi connectivity index (χ4v) is 3.50. The van der Waals surface area contributed by atoms with Gasteiger partial charge >= 0.3 is 0 Å². The number of hydrogen-bond acceptors (Lipinski definition) is 4. The van der Waals surface area contributed by atoms with E-state index in [0.29, 0.717) is 0 Å². The van der Waals surface area contributed by atoms with Crippen molar-refractivity contribution in [3.63, 3.8) is 0 Å². The highest BCUT2D eigenvalue weighted by atomic mass is 32.1. The Labute approximate surface area is 132 Å². The number of anilines is 1. The van der Waals surface area contributed by atoms with Crippen LogP contribution in [0.2, 0.25) is 0 Å². The predicted octanol–water partition coefficient (Wildman–Crippen LogP) is 4.16. The molecule has 1 aromatic carbocycles. The van der Waals surface area contributed by atoms with E-state index in [1.807, 2.05) is 0 Å². The number of aromatic nitrogens is 1. The molecule has 0 aliphatic rings. The molecule has 21 heavy (non-hydrogen) atoms. The van der Waals surface area contributed by atoms with Crippen LogP contribution in [-0.4, -0.2) is 24.6 Å². The summed E-state index contributed by atoms with van der Waals surface area (Å²) in [6.07, 6.45) is 1.15. The second-order valence-corrected chi connectivity index (χ2v) is 5.96. The summed E-state index contributed by atoms with van der Waals surface area (Å²) in [4.78, 5) is 8.49. The van der Waals surface area contributed by atoms with E-state index in [9.17, 15) is 0 Å². The summed E-state index contributed by atoms with van der Waals surface area (Å²) in [6, 6.07) is 10.6. The Kier molecular flexibility index (Phi) is 6.21. The first-order valence-corrected chi connectivity index (χ1v) is 8.62. The van der Waals surface area contributed by atoms with Crippen molar-refractivity contribution in [2.24, 2.45) is 0 Å². The van der Waals surface area contributed by atoms with Crippen molar-refractivity contribution in [2.45, 2.75) is 33.7 Å². The lowest BCUT2D eigenvalue weighted by Gasteiger charge is -2.16. The lowest BCUT2D eigenvalue weighted by Crippen LogP contribution is -2.21. The standard InChI is InChI=1S/C17H25N3S/c1-4-12-18-13-15-16(14-10-8-7-9-11-14)21-17(19-15)20(5-2)6-3/h7-11,18H,4-6,12-13H2,1-3H3. The molecule has 0 bridgehead atoms. The Balaban J connectivity index is 2.31. The maximum Gasteiger partial charge on any atom is 0.186 e. The number of thiazole rings is 1. The third-order valence-electron chi connectivity index (χ3n) is 3.48. The number of hydrogen-bond donors (Lipinski definition) is 1. The zero-order chi connectivity index (χ0) is 15.1. The Morgan fingerprint density at radius 1 is 1.10 bits per heavy atom. The quantitative estimate of drug-likeness (QED) is 0.742. The van der Waals surface area contributed by atoms with Crippen molar-refractivity contribution < 1.29 is 0 Å². The summed E-state index contributed by atoms with van der Waals surface area (Å²) in [6.45, 7) is 10.4. The summed E-state index contributed by atoms with van der Waals surface area (Å²) in [5, 5.41) is 4.61. The molecule has 1 aromatic heterocycles. The van der Waals surface area contributed by atoms with E-state index >= 15 is 0 Å². The van der Waals surface area contributed by atoms with Crippen LogP contribution in [0.3, 0.4) is 0 Å². The molecule has 0 fully saturated rings. The number of rotatable bonds is 8. The summed E-state index contributed by atoms with van der Waals surface area (Å²) < 4.78 is 0. The van der Waals surface area contributed by atoms with Gasteiger partial charge in [-0.05, 0) is 32.4 Å². The molecule has 114 valence electrons. The third kappa shape index (κ3) is 4.05. The average molecular weight is 303 g/mol. The van der Waals surface area contributed by atoms with Gasteiger partial charge in [0.25, 0.3) is 0 Å². The SMILES string of the molecule is CCCNCc1nc(N(CC)CC)sc1-c1ccccc1. The van der Waals surface area contributed by atoms with E-state index in [-0.39, 0.29) is 0 Å². The first-order valence-electron chi connectivity index (χ1n) is 7.80. The van der Waals surface area contributed by atoms with Crippen LogP contribution in [0, 0.1) is 0 Å². The van der Waals surface area contributed by atoms with Gasteiger partial charge < -0.3 is 10.2 Å². The lowest BCUT2D eigenvalue weighted by molar-refractivity contribution is 0.666. The Bertz CT molecular complexity index is 532. The molecular formula is C17H25N3S. The van der Waals surface area contributed by atoms with Crippen LogP contribution >= 0.6 is 11.3 Å². The minimum absolute atomic E-state index is 0.843. The van der Waals surface area contributed by atoms with Crippen LogP contribution in [0.4, 0.5) is 5.13 Å². The largest absolute Gasteiger partial charge is 0.349 e.